The minimum absolute atomic E-state index is 0.224. The van der Waals surface area contributed by atoms with E-state index in [4.69, 9.17) is 5.11 Å². The van der Waals surface area contributed by atoms with Gasteiger partial charge in [-0.3, -0.25) is 0 Å². The number of nitrogens with zero attached hydrogens (tertiary/aromatic N) is 5. The molecule has 24 heavy (non-hydrogen) atoms. The number of imidazole rings is 1. The van der Waals surface area contributed by atoms with Gasteiger partial charge in [0.2, 0.25) is 0 Å². The molecule has 1 aromatic carbocycles. The molecule has 1 saturated carbocycles. The third-order valence-electron chi connectivity index (χ3n) is 4.31. The van der Waals surface area contributed by atoms with Crippen LogP contribution in [-0.4, -0.2) is 35.6 Å². The second-order valence-corrected chi connectivity index (χ2v) is 6.22. The van der Waals surface area contributed by atoms with Gasteiger partial charge in [-0.15, -0.1) is 5.10 Å². The average Bonchev–Trinajstić information content (AvgIpc) is 3.14. The lowest BCUT2D eigenvalue weighted by molar-refractivity contribution is 0.0697. The van der Waals surface area contributed by atoms with Crippen molar-refractivity contribution >= 4 is 5.97 Å². The molecule has 2 heterocycles. The molecule has 7 nitrogen and oxygen atoms in total. The van der Waals surface area contributed by atoms with Crippen LogP contribution >= 0.6 is 0 Å². The Hall–Kier alpha value is -2.96. The zero-order chi connectivity index (χ0) is 16.8. The number of benzene rings is 1. The van der Waals surface area contributed by atoms with Crippen LogP contribution in [0.3, 0.4) is 0 Å². The monoisotopic (exact) mass is 323 g/mol. The van der Waals surface area contributed by atoms with Gasteiger partial charge in [-0.05, 0) is 37.5 Å². The molecule has 2 aromatic heterocycles. The highest BCUT2D eigenvalue weighted by atomic mass is 16.4. The van der Waals surface area contributed by atoms with E-state index in [1.54, 1.807) is 29.1 Å². The molecule has 1 fully saturated rings. The van der Waals surface area contributed by atoms with Gasteiger partial charge in [-0.1, -0.05) is 11.3 Å². The number of aromatic carboxylic acids is 1. The van der Waals surface area contributed by atoms with E-state index in [2.05, 4.69) is 15.3 Å². The Labute approximate surface area is 138 Å². The molecule has 0 unspecified atom stereocenters. The maximum atomic E-state index is 11.2. The van der Waals surface area contributed by atoms with Gasteiger partial charge >= 0.3 is 5.97 Å². The fraction of sp³-hybridized carbons (Fsp3) is 0.294. The van der Waals surface area contributed by atoms with Crippen LogP contribution in [0.5, 0.6) is 0 Å². The van der Waals surface area contributed by atoms with Crippen LogP contribution in [0.15, 0.2) is 30.6 Å². The van der Waals surface area contributed by atoms with Crippen LogP contribution in [0, 0.1) is 6.92 Å². The van der Waals surface area contributed by atoms with Crippen molar-refractivity contribution in [3.05, 3.63) is 47.5 Å². The predicted molar refractivity (Wildman–Crippen MR) is 87.2 cm³/mol. The van der Waals surface area contributed by atoms with E-state index in [1.807, 2.05) is 24.7 Å². The van der Waals surface area contributed by atoms with Crippen LogP contribution < -0.4 is 0 Å². The van der Waals surface area contributed by atoms with Crippen molar-refractivity contribution in [2.24, 2.45) is 7.05 Å². The molecule has 0 bridgehead atoms. The van der Waals surface area contributed by atoms with Crippen molar-refractivity contribution in [1.29, 1.82) is 0 Å². The van der Waals surface area contributed by atoms with Crippen molar-refractivity contribution in [2.45, 2.75) is 25.7 Å². The SMILES string of the molecule is Cc1ccc(C(=O)O)cc1-n1cc(-c2cn(C)c(C3CC3)n2)nn1. The maximum Gasteiger partial charge on any atom is 0.335 e. The lowest BCUT2D eigenvalue weighted by Gasteiger charge is -2.05. The van der Waals surface area contributed by atoms with Crippen molar-refractivity contribution in [2.75, 3.05) is 0 Å². The summed E-state index contributed by atoms with van der Waals surface area (Å²) in [6, 6.07) is 4.95. The molecule has 4 rings (SSSR count). The highest BCUT2D eigenvalue weighted by Crippen LogP contribution is 2.39. The quantitative estimate of drug-likeness (QED) is 0.797. The van der Waals surface area contributed by atoms with Crippen LogP contribution in [0.4, 0.5) is 0 Å². The van der Waals surface area contributed by atoms with E-state index < -0.39 is 5.97 Å². The summed E-state index contributed by atoms with van der Waals surface area (Å²) in [5.41, 5.74) is 3.32. The third kappa shape index (κ3) is 2.47. The first kappa shape index (κ1) is 14.6. The zero-order valence-electron chi connectivity index (χ0n) is 13.5. The van der Waals surface area contributed by atoms with Gasteiger partial charge in [0, 0.05) is 19.2 Å². The smallest absolute Gasteiger partial charge is 0.335 e. The molecule has 7 heteroatoms. The molecule has 0 aliphatic heterocycles. The molecular formula is C17H17N5O2. The number of aryl methyl sites for hydroxylation is 2. The first-order valence-electron chi connectivity index (χ1n) is 7.83. The van der Waals surface area contributed by atoms with Crippen LogP contribution in [0.25, 0.3) is 17.1 Å². The minimum atomic E-state index is -0.963. The summed E-state index contributed by atoms with van der Waals surface area (Å²) in [5, 5.41) is 17.5. The van der Waals surface area contributed by atoms with Crippen LogP contribution in [-0.2, 0) is 7.05 Å². The second-order valence-electron chi connectivity index (χ2n) is 6.22. The van der Waals surface area contributed by atoms with Crippen molar-refractivity contribution < 1.29 is 9.90 Å². The normalized spacial score (nSPS) is 14.1. The lowest BCUT2D eigenvalue weighted by atomic mass is 10.1. The third-order valence-corrected chi connectivity index (χ3v) is 4.31. The minimum Gasteiger partial charge on any atom is -0.478 e. The van der Waals surface area contributed by atoms with Gasteiger partial charge in [-0.2, -0.15) is 0 Å². The summed E-state index contributed by atoms with van der Waals surface area (Å²) < 4.78 is 3.64. The molecule has 122 valence electrons. The fourth-order valence-electron chi connectivity index (χ4n) is 2.81. The molecule has 0 radical (unpaired) electrons. The standard InChI is InChI=1S/C17H17N5O2/c1-10-3-4-12(17(23)24)7-15(10)22-9-14(19-20-22)13-8-21(2)16(18-13)11-5-6-11/h3-4,7-9,11H,5-6H2,1-2H3,(H,23,24). The number of rotatable bonds is 4. The van der Waals surface area contributed by atoms with Gasteiger partial charge in [0.05, 0.1) is 17.4 Å². The van der Waals surface area contributed by atoms with Gasteiger partial charge in [0.15, 0.2) is 0 Å². The van der Waals surface area contributed by atoms with Gasteiger partial charge in [-0.25, -0.2) is 14.5 Å². The van der Waals surface area contributed by atoms with E-state index in [1.165, 1.54) is 12.8 Å². The number of carboxylic acids is 1. The van der Waals surface area contributed by atoms with E-state index in [-0.39, 0.29) is 5.56 Å². The Balaban J connectivity index is 1.71. The predicted octanol–water partition coefficient (Wildman–Crippen LogP) is 2.55. The number of aromatic nitrogens is 5. The maximum absolute atomic E-state index is 11.2. The van der Waals surface area contributed by atoms with E-state index in [9.17, 15) is 4.79 Å². The molecule has 3 aromatic rings. The van der Waals surface area contributed by atoms with E-state index in [0.717, 1.165) is 17.1 Å². The average molecular weight is 323 g/mol. The largest absolute Gasteiger partial charge is 0.478 e. The molecule has 1 N–H and O–H groups in total. The van der Waals surface area contributed by atoms with Crippen molar-refractivity contribution in [1.82, 2.24) is 24.5 Å². The summed E-state index contributed by atoms with van der Waals surface area (Å²) in [7, 11) is 2.00. The van der Waals surface area contributed by atoms with Gasteiger partial charge in [0.25, 0.3) is 0 Å². The van der Waals surface area contributed by atoms with Gasteiger partial charge in [0.1, 0.15) is 17.2 Å². The Morgan fingerprint density at radius 2 is 2.04 bits per heavy atom. The summed E-state index contributed by atoms with van der Waals surface area (Å²) in [6.45, 7) is 1.91. The fourth-order valence-corrected chi connectivity index (χ4v) is 2.81. The Morgan fingerprint density at radius 1 is 1.25 bits per heavy atom. The first-order valence-corrected chi connectivity index (χ1v) is 7.83. The van der Waals surface area contributed by atoms with Crippen LogP contribution in [0.2, 0.25) is 0 Å². The van der Waals surface area contributed by atoms with Crippen LogP contribution in [0.1, 0.15) is 40.5 Å². The molecular weight excluding hydrogens is 306 g/mol. The Bertz CT molecular complexity index is 936. The Kier molecular flexibility index (Phi) is 3.23. The zero-order valence-corrected chi connectivity index (χ0v) is 13.5. The number of hydrogen-bond donors (Lipinski definition) is 1. The van der Waals surface area contributed by atoms with Crippen molar-refractivity contribution in [3.8, 4) is 17.1 Å². The first-order chi connectivity index (χ1) is 11.5. The van der Waals surface area contributed by atoms with Gasteiger partial charge < -0.3 is 9.67 Å². The number of hydrogen-bond acceptors (Lipinski definition) is 4. The molecule has 1 aliphatic rings. The summed E-state index contributed by atoms with van der Waals surface area (Å²) in [6.07, 6.45) is 6.13. The second kappa shape index (κ2) is 5.30. The molecule has 1 aliphatic carbocycles. The molecule has 0 spiro atoms. The summed E-state index contributed by atoms with van der Waals surface area (Å²) in [4.78, 5) is 15.8. The molecule has 0 amide bonds. The van der Waals surface area contributed by atoms with E-state index in [0.29, 0.717) is 17.3 Å². The van der Waals surface area contributed by atoms with E-state index >= 15 is 0 Å². The number of carboxylic acid groups (broad SMARTS) is 1. The summed E-state index contributed by atoms with van der Waals surface area (Å²) in [5.74, 6) is 0.687. The Morgan fingerprint density at radius 3 is 2.75 bits per heavy atom. The number of carbonyl (C=O) groups is 1. The molecule has 0 atom stereocenters. The topological polar surface area (TPSA) is 85.8 Å². The molecule has 0 saturated heterocycles. The highest BCUT2D eigenvalue weighted by Gasteiger charge is 2.28. The summed E-state index contributed by atoms with van der Waals surface area (Å²) >= 11 is 0. The van der Waals surface area contributed by atoms with Crippen molar-refractivity contribution in [3.63, 3.8) is 0 Å². The highest BCUT2D eigenvalue weighted by molar-refractivity contribution is 5.88. The lowest BCUT2D eigenvalue weighted by Crippen LogP contribution is -2.02.